The molecular weight excluding hydrogens is 384 g/mol. The van der Waals surface area contributed by atoms with Gasteiger partial charge in [-0.15, -0.1) is 0 Å². The van der Waals surface area contributed by atoms with Gasteiger partial charge in [0.1, 0.15) is 5.15 Å². The molecule has 0 bridgehead atoms. The Labute approximate surface area is 165 Å². The van der Waals surface area contributed by atoms with Crippen LogP contribution >= 0.6 is 11.6 Å². The van der Waals surface area contributed by atoms with Crippen LogP contribution in [0.1, 0.15) is 32.8 Å². The number of pyridine rings is 1. The maximum absolute atomic E-state index is 12.2. The van der Waals surface area contributed by atoms with Gasteiger partial charge in [-0.25, -0.2) is 9.97 Å². The number of carbonyl (C=O) groups is 2. The molecule has 0 saturated heterocycles. The molecule has 0 aliphatic rings. The average Bonchev–Trinajstić information content (AvgIpc) is 3.19. The summed E-state index contributed by atoms with van der Waals surface area (Å²) in [6, 6.07) is 9.72. The summed E-state index contributed by atoms with van der Waals surface area (Å²) in [4.78, 5) is 34.4. The number of anilines is 2. The highest BCUT2D eigenvalue weighted by atomic mass is 35.5. The number of imidazole rings is 1. The third kappa shape index (κ3) is 4.45. The number of rotatable bonds is 6. The summed E-state index contributed by atoms with van der Waals surface area (Å²) in [5.41, 5.74) is 1.87. The molecule has 10 heteroatoms. The highest BCUT2D eigenvalue weighted by molar-refractivity contribution is 6.29. The molecule has 144 valence electrons. The first kappa shape index (κ1) is 19.3. The second-order valence-electron chi connectivity index (χ2n) is 5.69. The fourth-order valence-electron chi connectivity index (χ4n) is 2.44. The Balaban J connectivity index is 1.65. The van der Waals surface area contributed by atoms with E-state index in [0.29, 0.717) is 16.9 Å². The van der Waals surface area contributed by atoms with E-state index in [1.54, 1.807) is 30.3 Å². The van der Waals surface area contributed by atoms with Crippen molar-refractivity contribution < 1.29 is 14.7 Å². The van der Waals surface area contributed by atoms with Crippen molar-refractivity contribution in [2.75, 3.05) is 17.7 Å². The topological polar surface area (TPSA) is 132 Å². The second-order valence-corrected chi connectivity index (χ2v) is 6.08. The Hall–Kier alpha value is -3.43. The van der Waals surface area contributed by atoms with E-state index in [1.165, 1.54) is 25.6 Å². The molecule has 3 aromatic rings. The van der Waals surface area contributed by atoms with E-state index in [9.17, 15) is 14.7 Å². The molecular formula is C18H17ClN6O3. The number of aromatic nitrogens is 3. The van der Waals surface area contributed by atoms with E-state index in [4.69, 9.17) is 11.6 Å². The summed E-state index contributed by atoms with van der Waals surface area (Å²) in [6.45, 7) is 0. The van der Waals surface area contributed by atoms with Crippen LogP contribution in [0.5, 0.6) is 0 Å². The summed E-state index contributed by atoms with van der Waals surface area (Å²) in [5, 5.41) is 18.6. The lowest BCUT2D eigenvalue weighted by atomic mass is 10.2. The Kier molecular flexibility index (Phi) is 5.87. The Morgan fingerprint density at radius 3 is 2.50 bits per heavy atom. The van der Waals surface area contributed by atoms with Crippen molar-refractivity contribution in [2.45, 2.75) is 6.23 Å². The Bertz CT molecular complexity index is 989. The van der Waals surface area contributed by atoms with Crippen LogP contribution in [-0.2, 0) is 0 Å². The molecule has 5 N–H and O–H groups in total. The molecule has 1 unspecified atom stereocenters. The number of aliphatic hydroxyl groups excluding tert-OH is 1. The van der Waals surface area contributed by atoms with Gasteiger partial charge >= 0.3 is 0 Å². The van der Waals surface area contributed by atoms with Crippen LogP contribution in [0.25, 0.3) is 0 Å². The van der Waals surface area contributed by atoms with Gasteiger partial charge in [-0.2, -0.15) is 0 Å². The van der Waals surface area contributed by atoms with Gasteiger partial charge in [0, 0.05) is 30.2 Å². The first-order valence-electron chi connectivity index (χ1n) is 8.21. The van der Waals surface area contributed by atoms with Gasteiger partial charge in [0.15, 0.2) is 11.9 Å². The molecule has 0 fully saturated rings. The number of halogens is 1. The van der Waals surface area contributed by atoms with E-state index in [0.717, 1.165) is 0 Å². The summed E-state index contributed by atoms with van der Waals surface area (Å²) in [6.07, 6.45) is 1.61. The van der Waals surface area contributed by atoms with Gasteiger partial charge in [-0.05, 0) is 36.4 Å². The van der Waals surface area contributed by atoms with E-state index in [-0.39, 0.29) is 22.4 Å². The molecule has 0 aliphatic heterocycles. The minimum absolute atomic E-state index is 0.0994. The van der Waals surface area contributed by atoms with Crippen LogP contribution in [-0.4, -0.2) is 38.9 Å². The van der Waals surface area contributed by atoms with Gasteiger partial charge in [-0.3, -0.25) is 9.59 Å². The summed E-state index contributed by atoms with van der Waals surface area (Å²) >= 11 is 5.79. The smallest absolute Gasteiger partial charge is 0.271 e. The van der Waals surface area contributed by atoms with Crippen LogP contribution in [0.2, 0.25) is 5.15 Å². The van der Waals surface area contributed by atoms with Crippen LogP contribution in [0.15, 0.2) is 48.9 Å². The number of H-pyrrole nitrogens is 1. The van der Waals surface area contributed by atoms with Gasteiger partial charge in [0.05, 0.1) is 12.0 Å². The number of amides is 2. The minimum atomic E-state index is -1.17. The van der Waals surface area contributed by atoms with Crippen LogP contribution in [0.4, 0.5) is 11.4 Å². The van der Waals surface area contributed by atoms with Crippen LogP contribution in [0, 0.1) is 0 Å². The van der Waals surface area contributed by atoms with Crippen molar-refractivity contribution in [3.8, 4) is 0 Å². The molecule has 2 heterocycles. The van der Waals surface area contributed by atoms with Crippen LogP contribution < -0.4 is 16.0 Å². The van der Waals surface area contributed by atoms with Crippen molar-refractivity contribution >= 4 is 34.8 Å². The zero-order valence-electron chi connectivity index (χ0n) is 14.7. The summed E-state index contributed by atoms with van der Waals surface area (Å²) in [5.74, 6) is -0.732. The second kappa shape index (κ2) is 8.51. The lowest BCUT2D eigenvalue weighted by molar-refractivity contribution is 0.0951. The fourth-order valence-corrected chi connectivity index (χ4v) is 2.61. The minimum Gasteiger partial charge on any atom is -0.368 e. The van der Waals surface area contributed by atoms with Crippen molar-refractivity contribution in [1.82, 2.24) is 20.3 Å². The van der Waals surface area contributed by atoms with Gasteiger partial charge in [0.25, 0.3) is 11.8 Å². The third-order valence-electron chi connectivity index (χ3n) is 3.82. The van der Waals surface area contributed by atoms with Gasteiger partial charge in [-0.1, -0.05) is 11.6 Å². The third-order valence-corrected chi connectivity index (χ3v) is 4.03. The zero-order valence-corrected chi connectivity index (χ0v) is 15.5. The molecule has 9 nitrogen and oxygen atoms in total. The molecule has 0 spiro atoms. The standard InChI is InChI=1S/C18H17ClN6O3/c1-20-17(27)14-15(23-9-22-14)18(28)25-12-4-2-11(3-5-12)24-16(26)10-6-7-21-13(19)8-10/h2-9,18,25,28H,1H3,(H,20,27)(H,22,23)(H,24,26). The maximum atomic E-state index is 12.2. The van der Waals surface area contributed by atoms with Crippen molar-refractivity contribution in [2.24, 2.45) is 0 Å². The molecule has 0 aliphatic carbocycles. The van der Waals surface area contributed by atoms with E-state index >= 15 is 0 Å². The summed E-state index contributed by atoms with van der Waals surface area (Å²) in [7, 11) is 1.48. The fraction of sp³-hybridized carbons (Fsp3) is 0.111. The number of nitrogens with zero attached hydrogens (tertiary/aromatic N) is 2. The Morgan fingerprint density at radius 1 is 1.11 bits per heavy atom. The lowest BCUT2D eigenvalue weighted by Gasteiger charge is -2.14. The number of hydrogen-bond acceptors (Lipinski definition) is 6. The number of carbonyl (C=O) groups excluding carboxylic acids is 2. The monoisotopic (exact) mass is 400 g/mol. The predicted molar refractivity (Wildman–Crippen MR) is 104 cm³/mol. The highest BCUT2D eigenvalue weighted by Gasteiger charge is 2.19. The van der Waals surface area contributed by atoms with Crippen molar-refractivity contribution in [1.29, 1.82) is 0 Å². The first-order valence-corrected chi connectivity index (χ1v) is 8.58. The Morgan fingerprint density at radius 2 is 1.82 bits per heavy atom. The molecule has 0 radical (unpaired) electrons. The molecule has 3 rings (SSSR count). The summed E-state index contributed by atoms with van der Waals surface area (Å²) < 4.78 is 0. The van der Waals surface area contributed by atoms with Gasteiger partial charge < -0.3 is 26.0 Å². The van der Waals surface area contributed by atoms with Crippen molar-refractivity contribution in [3.05, 3.63) is 71.0 Å². The number of nitrogens with one attached hydrogen (secondary N) is 4. The zero-order chi connectivity index (χ0) is 20.1. The largest absolute Gasteiger partial charge is 0.368 e. The quantitative estimate of drug-likeness (QED) is 0.318. The number of aliphatic hydroxyl groups is 1. The lowest BCUT2D eigenvalue weighted by Crippen LogP contribution is -2.22. The highest BCUT2D eigenvalue weighted by Crippen LogP contribution is 2.20. The van der Waals surface area contributed by atoms with E-state index in [1.807, 2.05) is 0 Å². The number of hydrogen-bond donors (Lipinski definition) is 5. The number of benzene rings is 1. The van der Waals surface area contributed by atoms with E-state index < -0.39 is 12.1 Å². The first-order chi connectivity index (χ1) is 13.5. The molecule has 2 amide bonds. The molecule has 0 saturated carbocycles. The SMILES string of the molecule is CNC(=O)c1nc[nH]c1C(O)Nc1ccc(NC(=O)c2ccnc(Cl)c2)cc1. The normalized spacial score (nSPS) is 11.5. The predicted octanol–water partition coefficient (Wildman–Crippen LogP) is 2.17. The van der Waals surface area contributed by atoms with Crippen LogP contribution in [0.3, 0.4) is 0 Å². The average molecular weight is 401 g/mol. The van der Waals surface area contributed by atoms with E-state index in [2.05, 4.69) is 30.9 Å². The molecule has 28 heavy (non-hydrogen) atoms. The van der Waals surface area contributed by atoms with Crippen molar-refractivity contribution in [3.63, 3.8) is 0 Å². The van der Waals surface area contributed by atoms with Gasteiger partial charge in [0.2, 0.25) is 0 Å². The molecule has 2 aromatic heterocycles. The number of aromatic amines is 1. The maximum Gasteiger partial charge on any atom is 0.271 e. The molecule has 1 aromatic carbocycles. The molecule has 1 atom stereocenters.